The Kier molecular flexibility index (Phi) is 5.58. The number of nitrogens with zero attached hydrogens (tertiary/aromatic N) is 3. The van der Waals surface area contributed by atoms with E-state index in [-0.39, 0.29) is 5.91 Å². The Hall–Kier alpha value is -3.22. The predicted octanol–water partition coefficient (Wildman–Crippen LogP) is 2.74. The van der Waals surface area contributed by atoms with Crippen LogP contribution in [0.1, 0.15) is 29.8 Å². The van der Waals surface area contributed by atoms with Gasteiger partial charge in [0.1, 0.15) is 11.7 Å². The van der Waals surface area contributed by atoms with Crippen molar-refractivity contribution >= 4 is 11.6 Å². The minimum Gasteiger partial charge on any atom is -0.496 e. The summed E-state index contributed by atoms with van der Waals surface area (Å²) in [6, 6.07) is 15.4. The van der Waals surface area contributed by atoms with Crippen LogP contribution in [0.3, 0.4) is 0 Å². The van der Waals surface area contributed by atoms with Gasteiger partial charge in [-0.3, -0.25) is 4.79 Å². The summed E-state index contributed by atoms with van der Waals surface area (Å²) >= 11 is 0. The molecular weight excluding hydrogens is 330 g/mol. The first-order valence-electron chi connectivity index (χ1n) is 8.47. The van der Waals surface area contributed by atoms with E-state index >= 15 is 0 Å². The molecule has 3 aromatic rings. The number of carbonyl (C=O) groups is 1. The fourth-order valence-corrected chi connectivity index (χ4v) is 2.88. The van der Waals surface area contributed by atoms with Gasteiger partial charge < -0.3 is 10.1 Å². The van der Waals surface area contributed by atoms with Crippen molar-refractivity contribution in [1.82, 2.24) is 20.6 Å². The van der Waals surface area contributed by atoms with Gasteiger partial charge in [-0.15, -0.1) is 10.2 Å². The van der Waals surface area contributed by atoms with Crippen LogP contribution in [0.5, 0.6) is 5.75 Å². The molecule has 0 aliphatic rings. The largest absolute Gasteiger partial charge is 0.496 e. The molecule has 7 nitrogen and oxygen atoms in total. The molecular formula is C19H21N5O2. The number of ether oxygens (including phenoxy) is 1. The zero-order valence-corrected chi connectivity index (χ0v) is 14.8. The number of benzene rings is 2. The van der Waals surface area contributed by atoms with E-state index in [4.69, 9.17) is 4.74 Å². The third-order valence-electron chi connectivity index (χ3n) is 4.26. The van der Waals surface area contributed by atoms with E-state index in [2.05, 4.69) is 32.9 Å². The molecule has 3 rings (SSSR count). The lowest BCUT2D eigenvalue weighted by Crippen LogP contribution is -2.25. The smallest absolute Gasteiger partial charge is 0.235 e. The molecule has 26 heavy (non-hydrogen) atoms. The van der Waals surface area contributed by atoms with Gasteiger partial charge in [0.05, 0.1) is 7.11 Å². The summed E-state index contributed by atoms with van der Waals surface area (Å²) in [4.78, 5) is 13.0. The second kappa shape index (κ2) is 8.24. The number of nitrogens with one attached hydrogen (secondary N) is 2. The van der Waals surface area contributed by atoms with E-state index in [1.165, 1.54) is 0 Å². The maximum atomic E-state index is 13.0. The molecule has 1 aromatic heterocycles. The van der Waals surface area contributed by atoms with Crippen molar-refractivity contribution in [3.8, 4) is 5.75 Å². The van der Waals surface area contributed by atoms with Crippen molar-refractivity contribution in [2.45, 2.75) is 25.7 Å². The first-order valence-corrected chi connectivity index (χ1v) is 8.47. The molecule has 0 saturated carbocycles. The molecule has 0 bridgehead atoms. The molecule has 0 saturated heterocycles. The molecule has 1 unspecified atom stereocenters. The van der Waals surface area contributed by atoms with Gasteiger partial charge in [0, 0.05) is 5.69 Å². The lowest BCUT2D eigenvalue weighted by Gasteiger charge is -2.17. The molecule has 1 atom stereocenters. The average molecular weight is 351 g/mol. The van der Waals surface area contributed by atoms with E-state index in [9.17, 15) is 4.79 Å². The number of rotatable bonds is 7. The van der Waals surface area contributed by atoms with Crippen LogP contribution in [0.25, 0.3) is 0 Å². The van der Waals surface area contributed by atoms with Gasteiger partial charge in [-0.25, -0.2) is 0 Å². The van der Waals surface area contributed by atoms with Crippen molar-refractivity contribution in [3.05, 3.63) is 65.5 Å². The SMILES string of the molecule is CCc1ccccc1NC(=O)C(Cc1ccccc1OC)c1nn[nH]n1. The van der Waals surface area contributed by atoms with E-state index in [1.54, 1.807) is 7.11 Å². The summed E-state index contributed by atoms with van der Waals surface area (Å²) in [6.07, 6.45) is 1.24. The quantitative estimate of drug-likeness (QED) is 0.683. The van der Waals surface area contributed by atoms with Crippen LogP contribution >= 0.6 is 0 Å². The number of amides is 1. The Morgan fingerprint density at radius 1 is 1.15 bits per heavy atom. The molecule has 2 N–H and O–H groups in total. The molecule has 0 aliphatic heterocycles. The average Bonchev–Trinajstić information content (AvgIpc) is 3.21. The van der Waals surface area contributed by atoms with Crippen molar-refractivity contribution in [3.63, 3.8) is 0 Å². The first-order chi connectivity index (χ1) is 12.7. The van der Waals surface area contributed by atoms with E-state index in [0.717, 1.165) is 29.0 Å². The molecule has 2 aromatic carbocycles. The van der Waals surface area contributed by atoms with Gasteiger partial charge in [0.15, 0.2) is 5.82 Å². The number of tetrazole rings is 1. The van der Waals surface area contributed by atoms with Gasteiger partial charge >= 0.3 is 0 Å². The Morgan fingerprint density at radius 2 is 1.88 bits per heavy atom. The Balaban J connectivity index is 1.88. The third kappa shape index (κ3) is 3.88. The zero-order chi connectivity index (χ0) is 18.4. The number of hydrogen-bond acceptors (Lipinski definition) is 5. The van der Waals surface area contributed by atoms with E-state index in [1.807, 2.05) is 48.5 Å². The summed E-state index contributed by atoms with van der Waals surface area (Å²) in [7, 11) is 1.61. The van der Waals surface area contributed by atoms with Crippen LogP contribution in [0, 0.1) is 0 Å². The third-order valence-corrected chi connectivity index (χ3v) is 4.26. The molecule has 0 fully saturated rings. The summed E-state index contributed by atoms with van der Waals surface area (Å²) < 4.78 is 5.40. The second-order valence-corrected chi connectivity index (χ2v) is 5.84. The van der Waals surface area contributed by atoms with Crippen molar-refractivity contribution < 1.29 is 9.53 Å². The summed E-state index contributed by atoms with van der Waals surface area (Å²) in [5, 5.41) is 17.1. The molecule has 7 heteroatoms. The molecule has 0 radical (unpaired) electrons. The Labute approximate surface area is 151 Å². The van der Waals surface area contributed by atoms with Crippen molar-refractivity contribution in [2.75, 3.05) is 12.4 Å². The van der Waals surface area contributed by atoms with Crippen LogP contribution in [-0.2, 0) is 17.6 Å². The summed E-state index contributed by atoms with van der Waals surface area (Å²) in [5.74, 6) is 0.304. The van der Waals surface area contributed by atoms with Gasteiger partial charge in [0.25, 0.3) is 0 Å². The fourth-order valence-electron chi connectivity index (χ4n) is 2.88. The molecule has 0 spiro atoms. The van der Waals surface area contributed by atoms with Gasteiger partial charge in [-0.1, -0.05) is 48.5 Å². The number of aromatic nitrogens is 4. The Morgan fingerprint density at radius 3 is 2.58 bits per heavy atom. The number of aryl methyl sites for hydroxylation is 1. The minimum absolute atomic E-state index is 0.182. The first kappa shape index (κ1) is 17.6. The number of para-hydroxylation sites is 2. The maximum absolute atomic E-state index is 13.0. The van der Waals surface area contributed by atoms with Crippen LogP contribution in [0.15, 0.2) is 48.5 Å². The lowest BCUT2D eigenvalue weighted by atomic mass is 9.96. The number of H-pyrrole nitrogens is 1. The normalized spacial score (nSPS) is 11.8. The zero-order valence-electron chi connectivity index (χ0n) is 14.8. The highest BCUT2D eigenvalue weighted by atomic mass is 16.5. The van der Waals surface area contributed by atoms with Crippen LogP contribution in [0.4, 0.5) is 5.69 Å². The molecule has 1 heterocycles. The minimum atomic E-state index is -0.588. The Bertz CT molecular complexity index is 864. The van der Waals surface area contributed by atoms with Crippen molar-refractivity contribution in [2.24, 2.45) is 0 Å². The van der Waals surface area contributed by atoms with Crippen LogP contribution < -0.4 is 10.1 Å². The van der Waals surface area contributed by atoms with E-state index in [0.29, 0.717) is 12.2 Å². The van der Waals surface area contributed by atoms with Crippen LogP contribution in [-0.4, -0.2) is 33.6 Å². The highest BCUT2D eigenvalue weighted by Gasteiger charge is 2.27. The number of hydrogen-bond donors (Lipinski definition) is 2. The fraction of sp³-hybridized carbons (Fsp3) is 0.263. The number of methoxy groups -OCH3 is 1. The summed E-state index contributed by atoms with van der Waals surface area (Å²) in [6.45, 7) is 2.05. The standard InChI is InChI=1S/C19H21N5O2/c1-3-13-8-4-6-10-16(13)20-19(25)15(18-21-23-24-22-18)12-14-9-5-7-11-17(14)26-2/h4-11,15H,3,12H2,1-2H3,(H,20,25)(H,21,22,23,24). The lowest BCUT2D eigenvalue weighted by molar-refractivity contribution is -0.117. The second-order valence-electron chi connectivity index (χ2n) is 5.84. The highest BCUT2D eigenvalue weighted by Crippen LogP contribution is 2.26. The van der Waals surface area contributed by atoms with Crippen LogP contribution in [0.2, 0.25) is 0 Å². The number of anilines is 1. The molecule has 0 aliphatic carbocycles. The highest BCUT2D eigenvalue weighted by molar-refractivity contribution is 5.96. The molecule has 1 amide bonds. The molecule has 134 valence electrons. The van der Waals surface area contributed by atoms with Gasteiger partial charge in [-0.2, -0.15) is 5.21 Å². The van der Waals surface area contributed by atoms with Crippen molar-refractivity contribution in [1.29, 1.82) is 0 Å². The summed E-state index contributed by atoms with van der Waals surface area (Å²) in [5.41, 5.74) is 2.78. The van der Waals surface area contributed by atoms with Gasteiger partial charge in [0.2, 0.25) is 5.91 Å². The van der Waals surface area contributed by atoms with Gasteiger partial charge in [-0.05, 0) is 36.1 Å². The predicted molar refractivity (Wildman–Crippen MR) is 98.1 cm³/mol. The topological polar surface area (TPSA) is 92.8 Å². The van der Waals surface area contributed by atoms with E-state index < -0.39 is 5.92 Å². The number of aromatic amines is 1. The monoisotopic (exact) mass is 351 g/mol. The number of carbonyl (C=O) groups excluding carboxylic acids is 1. The maximum Gasteiger partial charge on any atom is 0.235 e.